The van der Waals surface area contributed by atoms with Gasteiger partial charge in [-0.1, -0.05) is 31.4 Å². The zero-order valence-corrected chi connectivity index (χ0v) is 32.9. The van der Waals surface area contributed by atoms with Crippen molar-refractivity contribution in [1.29, 1.82) is 0 Å². The quantitative estimate of drug-likeness (QED) is 0.0353. The second-order valence-corrected chi connectivity index (χ2v) is 18.5. The van der Waals surface area contributed by atoms with Crippen molar-refractivity contribution in [3.05, 3.63) is 103 Å². The lowest BCUT2D eigenvalue weighted by atomic mass is 10.1. The third-order valence-corrected chi connectivity index (χ3v) is 12.4. The fraction of sp³-hybridized carbons (Fsp3) is 0. The average molecular weight is 890 g/mol. The predicted molar refractivity (Wildman–Crippen MR) is 209 cm³/mol. The molecule has 0 saturated heterocycles. The highest BCUT2D eigenvalue weighted by Crippen LogP contribution is 2.44. The Labute approximate surface area is 331 Å². The van der Waals surface area contributed by atoms with E-state index in [1.165, 1.54) is 42.5 Å². The number of anilines is 2. The molecule has 26 heteroatoms. The number of azo groups is 3. The molecule has 0 radical (unpaired) electrons. The summed E-state index contributed by atoms with van der Waals surface area (Å²) in [6.45, 7) is 6.60. The predicted octanol–water partition coefficient (Wildman–Crippen LogP) is 6.76. The van der Waals surface area contributed by atoms with Gasteiger partial charge in [0.2, 0.25) is 0 Å². The first-order chi connectivity index (χ1) is 26.9. The van der Waals surface area contributed by atoms with E-state index in [1.807, 2.05) is 0 Å². The lowest BCUT2D eigenvalue weighted by Crippen LogP contribution is -2.05. The maximum Gasteiger partial charge on any atom is 0.296 e. The first kappa shape index (κ1) is 43.2. The van der Waals surface area contributed by atoms with Crippen molar-refractivity contribution in [2.24, 2.45) is 30.7 Å². The Morgan fingerprint density at radius 1 is 0.603 bits per heavy atom. The Balaban J connectivity index is 1.63. The van der Waals surface area contributed by atoms with Gasteiger partial charge < -0.3 is 16.0 Å². The van der Waals surface area contributed by atoms with Gasteiger partial charge in [0, 0.05) is 21.1 Å². The van der Waals surface area contributed by atoms with E-state index in [2.05, 4.69) is 43.8 Å². The van der Waals surface area contributed by atoms with Crippen molar-refractivity contribution in [3.8, 4) is 0 Å². The highest BCUT2D eigenvalue weighted by Gasteiger charge is 2.24. The van der Waals surface area contributed by atoms with Crippen LogP contribution in [0.3, 0.4) is 0 Å². The third kappa shape index (κ3) is 9.41. The van der Waals surface area contributed by atoms with E-state index < -0.39 is 93.6 Å². The van der Waals surface area contributed by atoms with Gasteiger partial charge in [-0.2, -0.15) is 30.4 Å². The second kappa shape index (κ2) is 16.1. The Bertz CT molecular complexity index is 3140. The van der Waals surface area contributed by atoms with Crippen LogP contribution in [0.5, 0.6) is 0 Å². The van der Waals surface area contributed by atoms with Crippen LogP contribution in [-0.2, 0) is 51.3 Å². The molecule has 0 amide bonds. The summed E-state index contributed by atoms with van der Waals surface area (Å²) >= 11 is -2.59. The number of rotatable bonds is 13. The van der Waals surface area contributed by atoms with Gasteiger partial charge in [0.15, 0.2) is 9.84 Å². The first-order valence-corrected chi connectivity index (χ1v) is 22.2. The molecule has 0 aliphatic carbocycles. The van der Waals surface area contributed by atoms with Gasteiger partial charge in [-0.05, 0) is 77.3 Å². The van der Waals surface area contributed by atoms with Crippen molar-refractivity contribution >= 4 is 112 Å². The Morgan fingerprint density at radius 3 is 1.69 bits per heavy atom. The van der Waals surface area contributed by atoms with Crippen molar-refractivity contribution < 1.29 is 56.1 Å². The highest BCUT2D eigenvalue weighted by molar-refractivity contribution is 7.94. The van der Waals surface area contributed by atoms with Crippen LogP contribution in [0.4, 0.5) is 45.5 Å². The third-order valence-electron chi connectivity index (χ3n) is 7.78. The lowest BCUT2D eigenvalue weighted by molar-refractivity contribution is 0.481. The standard InChI is InChI=1S/C32H26N8O13S5/c1-3-55(43,44)20-9-11-26(28(15-20)57(48,49)50)38-37-25-13-12-24(22-10-8-21(14-23(22)25)56(45,46)47)36-39-27-16-29(58(51,52)53)31(34)32(30(27)33)40-35-19-6-4-18(5-7-19)17(2)54(41)42/h3-16H,1-2,33-34H2,(H,41,42)(H,45,46,47)(H,48,49,50)(H,51,52,53)/p-1. The Kier molecular flexibility index (Phi) is 12.0. The molecule has 1 atom stereocenters. The fourth-order valence-electron chi connectivity index (χ4n) is 4.89. The van der Waals surface area contributed by atoms with Crippen molar-refractivity contribution in [2.45, 2.75) is 19.6 Å². The van der Waals surface area contributed by atoms with Crippen LogP contribution >= 0.6 is 0 Å². The van der Waals surface area contributed by atoms with Crippen LogP contribution in [0, 0.1) is 0 Å². The normalized spacial score (nSPS) is 13.4. The molecular formula is C32H25N8O13S5-. The zero-order valence-electron chi connectivity index (χ0n) is 28.8. The number of hydrogen-bond donors (Lipinski definition) is 5. The summed E-state index contributed by atoms with van der Waals surface area (Å²) in [5, 5.41) is 24.3. The number of hydrogen-bond acceptors (Lipinski definition) is 18. The molecule has 0 heterocycles. The maximum atomic E-state index is 12.3. The smallest absolute Gasteiger partial charge is 0.296 e. The van der Waals surface area contributed by atoms with Crippen LogP contribution < -0.4 is 11.5 Å². The van der Waals surface area contributed by atoms with E-state index in [0.29, 0.717) is 11.5 Å². The van der Waals surface area contributed by atoms with Gasteiger partial charge >= 0.3 is 0 Å². The molecule has 0 aliphatic rings. The van der Waals surface area contributed by atoms with Crippen molar-refractivity contribution in [3.63, 3.8) is 0 Å². The summed E-state index contributed by atoms with van der Waals surface area (Å²) in [5.41, 5.74) is 9.96. The molecule has 21 nitrogen and oxygen atoms in total. The van der Waals surface area contributed by atoms with E-state index in [0.717, 1.165) is 30.3 Å². The van der Waals surface area contributed by atoms with Gasteiger partial charge in [-0.25, -0.2) is 8.42 Å². The van der Waals surface area contributed by atoms with Gasteiger partial charge in [0.1, 0.15) is 26.9 Å². The van der Waals surface area contributed by atoms with Gasteiger partial charge in [0.05, 0.1) is 38.2 Å². The first-order valence-electron chi connectivity index (χ1n) is 15.3. The summed E-state index contributed by atoms with van der Waals surface area (Å²) < 4.78 is 149. The highest BCUT2D eigenvalue weighted by atomic mass is 32.2. The largest absolute Gasteiger partial charge is 0.768 e. The monoisotopic (exact) mass is 889 g/mol. The number of nitrogens with zero attached hydrogens (tertiary/aromatic N) is 6. The van der Waals surface area contributed by atoms with E-state index in [1.54, 1.807) is 0 Å². The molecule has 302 valence electrons. The minimum Gasteiger partial charge on any atom is -0.768 e. The summed E-state index contributed by atoms with van der Waals surface area (Å²) in [5.74, 6) is 0. The zero-order chi connectivity index (χ0) is 43.0. The number of nitrogens with two attached hydrogens (primary N) is 2. The van der Waals surface area contributed by atoms with Gasteiger partial charge in [-0.15, -0.1) is 25.6 Å². The van der Waals surface area contributed by atoms with Crippen LogP contribution in [0.2, 0.25) is 0 Å². The molecule has 0 fully saturated rings. The van der Waals surface area contributed by atoms with Gasteiger partial charge in [-0.3, -0.25) is 17.9 Å². The van der Waals surface area contributed by atoms with E-state index >= 15 is 0 Å². The molecule has 7 N–H and O–H groups in total. The molecule has 5 aromatic rings. The average Bonchev–Trinajstić information content (AvgIpc) is 3.15. The summed E-state index contributed by atoms with van der Waals surface area (Å²) in [4.78, 5) is -3.19. The molecule has 0 bridgehead atoms. The molecule has 58 heavy (non-hydrogen) atoms. The summed E-state index contributed by atoms with van der Waals surface area (Å²) in [7, 11) is -19.1. The molecule has 0 aliphatic heterocycles. The van der Waals surface area contributed by atoms with Crippen LogP contribution in [0.15, 0.2) is 148 Å². The minimum atomic E-state index is -5.08. The number of nitrogen functional groups attached to an aromatic ring is 2. The van der Waals surface area contributed by atoms with Crippen LogP contribution in [0.1, 0.15) is 5.56 Å². The minimum absolute atomic E-state index is 0.0610. The molecule has 5 aromatic carbocycles. The SMILES string of the molecule is C=CS(=O)(=O)c1ccc(N=Nc2ccc(N=Nc3cc(S(=O)(=O)O)c(N)c(N=Nc4ccc(C(=C)S(=O)[O-])cc4)c3N)c3ccc(S(=O)(=O)O)cc23)c(S(=O)(=O)O)c1. The summed E-state index contributed by atoms with van der Waals surface area (Å²) in [6.07, 6.45) is 0. The Hall–Kier alpha value is -5.97. The van der Waals surface area contributed by atoms with Crippen molar-refractivity contribution in [2.75, 3.05) is 11.5 Å². The second-order valence-electron chi connectivity index (χ2n) is 11.5. The number of fused-ring (bicyclic) bond motifs is 1. The van der Waals surface area contributed by atoms with E-state index in [-0.39, 0.29) is 44.0 Å². The van der Waals surface area contributed by atoms with Crippen LogP contribution in [0.25, 0.3) is 15.7 Å². The number of sulfone groups is 1. The molecule has 0 saturated carbocycles. The van der Waals surface area contributed by atoms with E-state index in [9.17, 15) is 56.1 Å². The van der Waals surface area contributed by atoms with Crippen molar-refractivity contribution in [1.82, 2.24) is 0 Å². The molecule has 1 unspecified atom stereocenters. The Morgan fingerprint density at radius 2 is 1.14 bits per heavy atom. The molecule has 0 aromatic heterocycles. The molecule has 5 rings (SSSR count). The molecular weight excluding hydrogens is 865 g/mol. The van der Waals surface area contributed by atoms with Gasteiger partial charge in [0.25, 0.3) is 30.4 Å². The molecule has 0 spiro atoms. The fourth-order valence-corrected chi connectivity index (χ4v) is 7.81. The maximum absolute atomic E-state index is 12.3. The summed E-state index contributed by atoms with van der Waals surface area (Å²) in [6, 6.07) is 14.3. The lowest BCUT2D eigenvalue weighted by Gasteiger charge is -2.11. The number of benzene rings is 5. The van der Waals surface area contributed by atoms with Crippen LogP contribution in [-0.4, -0.2) is 56.1 Å². The van der Waals surface area contributed by atoms with E-state index in [4.69, 9.17) is 11.5 Å². The topological polar surface area (TPSA) is 364 Å².